The van der Waals surface area contributed by atoms with Crippen LogP contribution in [0.1, 0.15) is 18.4 Å². The zero-order chi connectivity index (χ0) is 17.8. The molecule has 7 nitrogen and oxygen atoms in total. The number of rotatable bonds is 4. The van der Waals surface area contributed by atoms with E-state index >= 15 is 0 Å². The second-order valence-electron chi connectivity index (χ2n) is 5.19. The zero-order valence-electron chi connectivity index (χ0n) is 13.2. The van der Waals surface area contributed by atoms with Crippen LogP contribution < -0.4 is 10.7 Å². The van der Waals surface area contributed by atoms with Gasteiger partial charge in [-0.1, -0.05) is 15.9 Å². The second kappa shape index (κ2) is 7.35. The Labute approximate surface area is 151 Å². The van der Waals surface area contributed by atoms with Crippen LogP contribution in [0.25, 0.3) is 11.0 Å². The average molecular weight is 404 g/mol. The van der Waals surface area contributed by atoms with Crippen molar-refractivity contribution in [1.82, 2.24) is 10.7 Å². The number of carbonyl (C=O) groups excluding carboxylic acids is 2. The Kier molecular flexibility index (Phi) is 4.99. The Hall–Kier alpha value is -2.87. The molecular formula is C17H14BrN3O4. The van der Waals surface area contributed by atoms with Gasteiger partial charge in [-0.3, -0.25) is 9.59 Å². The number of amides is 2. The van der Waals surface area contributed by atoms with Gasteiger partial charge < -0.3 is 14.2 Å². The van der Waals surface area contributed by atoms with Gasteiger partial charge in [-0.2, -0.15) is 5.10 Å². The van der Waals surface area contributed by atoms with Crippen molar-refractivity contribution in [2.24, 2.45) is 5.10 Å². The Morgan fingerprint density at radius 1 is 1.20 bits per heavy atom. The fourth-order valence-electron chi connectivity index (χ4n) is 2.09. The summed E-state index contributed by atoms with van der Waals surface area (Å²) < 4.78 is 11.7. The molecule has 1 aromatic carbocycles. The number of fused-ring (bicyclic) bond motifs is 1. The first-order chi connectivity index (χ1) is 12.0. The van der Waals surface area contributed by atoms with Gasteiger partial charge in [0, 0.05) is 9.86 Å². The van der Waals surface area contributed by atoms with E-state index in [0.717, 1.165) is 9.86 Å². The van der Waals surface area contributed by atoms with Crippen LogP contribution in [-0.2, 0) is 16.1 Å². The summed E-state index contributed by atoms with van der Waals surface area (Å²) in [5.74, 6) is -0.620. The molecule has 2 aromatic heterocycles. The third kappa shape index (κ3) is 4.16. The molecule has 8 heteroatoms. The van der Waals surface area contributed by atoms with Crippen LogP contribution >= 0.6 is 15.9 Å². The van der Waals surface area contributed by atoms with Crippen molar-refractivity contribution in [3.63, 3.8) is 0 Å². The molecule has 0 aliphatic heterocycles. The van der Waals surface area contributed by atoms with Gasteiger partial charge in [-0.05, 0) is 43.3 Å². The molecule has 0 spiro atoms. The van der Waals surface area contributed by atoms with E-state index in [2.05, 4.69) is 31.8 Å². The van der Waals surface area contributed by atoms with E-state index in [0.29, 0.717) is 22.8 Å². The molecular weight excluding hydrogens is 390 g/mol. The lowest BCUT2D eigenvalue weighted by atomic mass is 10.2. The molecule has 2 N–H and O–H groups in total. The normalized spacial score (nSPS) is 11.5. The van der Waals surface area contributed by atoms with E-state index in [1.165, 1.54) is 6.26 Å². The van der Waals surface area contributed by atoms with E-state index in [4.69, 9.17) is 8.83 Å². The summed E-state index contributed by atoms with van der Waals surface area (Å²) in [5.41, 5.74) is 3.35. The van der Waals surface area contributed by atoms with E-state index < -0.39 is 11.8 Å². The zero-order valence-corrected chi connectivity index (χ0v) is 14.8. The van der Waals surface area contributed by atoms with Crippen molar-refractivity contribution >= 4 is 44.4 Å². The molecule has 0 saturated heterocycles. The Morgan fingerprint density at radius 2 is 2.04 bits per heavy atom. The highest BCUT2D eigenvalue weighted by molar-refractivity contribution is 9.10. The fraction of sp³-hybridized carbons (Fsp3) is 0.118. The SMILES string of the molecule is C/C(=N/NC(=O)C(=O)NCc1ccco1)c1cc2cc(Br)ccc2o1. The number of nitrogens with one attached hydrogen (secondary N) is 2. The van der Waals surface area contributed by atoms with Gasteiger partial charge in [0.1, 0.15) is 17.1 Å². The van der Waals surface area contributed by atoms with E-state index in [9.17, 15) is 9.59 Å². The van der Waals surface area contributed by atoms with Gasteiger partial charge >= 0.3 is 11.8 Å². The van der Waals surface area contributed by atoms with Gasteiger partial charge in [-0.15, -0.1) is 0 Å². The van der Waals surface area contributed by atoms with Crippen molar-refractivity contribution in [3.8, 4) is 0 Å². The van der Waals surface area contributed by atoms with Crippen molar-refractivity contribution in [2.45, 2.75) is 13.5 Å². The fourth-order valence-corrected chi connectivity index (χ4v) is 2.47. The number of hydrogen-bond acceptors (Lipinski definition) is 5. The van der Waals surface area contributed by atoms with E-state index in [1.807, 2.05) is 24.3 Å². The molecule has 0 saturated carbocycles. The first-order valence-corrected chi connectivity index (χ1v) is 8.16. The first kappa shape index (κ1) is 17.0. The number of nitrogens with zero attached hydrogens (tertiary/aromatic N) is 1. The minimum Gasteiger partial charge on any atom is -0.467 e. The van der Waals surface area contributed by atoms with Crippen LogP contribution in [0.3, 0.4) is 0 Å². The third-order valence-corrected chi connectivity index (χ3v) is 3.86. The molecule has 0 aliphatic rings. The maximum Gasteiger partial charge on any atom is 0.329 e. The molecule has 128 valence electrons. The van der Waals surface area contributed by atoms with Crippen molar-refractivity contribution in [3.05, 3.63) is 58.7 Å². The number of hydrogen-bond donors (Lipinski definition) is 2. The topological polar surface area (TPSA) is 96.8 Å². The molecule has 0 unspecified atom stereocenters. The van der Waals surface area contributed by atoms with Crippen LogP contribution in [0.4, 0.5) is 0 Å². The maximum absolute atomic E-state index is 11.8. The molecule has 0 aliphatic carbocycles. The Balaban J connectivity index is 1.61. The van der Waals surface area contributed by atoms with Crippen LogP contribution in [0.5, 0.6) is 0 Å². The largest absolute Gasteiger partial charge is 0.467 e. The standard InChI is InChI=1S/C17H14BrN3O4/c1-10(15-8-11-7-12(18)4-5-14(11)25-15)20-21-17(23)16(22)19-9-13-3-2-6-24-13/h2-8H,9H2,1H3,(H,19,22)(H,21,23)/b20-10-. The Bertz CT molecular complexity index is 944. The van der Waals surface area contributed by atoms with Crippen molar-refractivity contribution in [2.75, 3.05) is 0 Å². The lowest BCUT2D eigenvalue weighted by molar-refractivity contribution is -0.139. The van der Waals surface area contributed by atoms with Crippen LogP contribution in [0.2, 0.25) is 0 Å². The van der Waals surface area contributed by atoms with E-state index in [1.54, 1.807) is 19.1 Å². The highest BCUT2D eigenvalue weighted by atomic mass is 79.9. The van der Waals surface area contributed by atoms with Crippen LogP contribution in [-0.4, -0.2) is 17.5 Å². The highest BCUT2D eigenvalue weighted by Gasteiger charge is 2.14. The summed E-state index contributed by atoms with van der Waals surface area (Å²) in [4.78, 5) is 23.5. The van der Waals surface area contributed by atoms with Gasteiger partial charge in [-0.25, -0.2) is 5.43 Å². The van der Waals surface area contributed by atoms with Crippen LogP contribution in [0, 0.1) is 0 Å². The summed E-state index contributed by atoms with van der Waals surface area (Å²) in [6.45, 7) is 1.80. The monoisotopic (exact) mass is 403 g/mol. The van der Waals surface area contributed by atoms with E-state index in [-0.39, 0.29) is 6.54 Å². The number of halogens is 1. The average Bonchev–Trinajstić information content (AvgIpc) is 3.25. The van der Waals surface area contributed by atoms with Gasteiger partial charge in [0.15, 0.2) is 5.76 Å². The summed E-state index contributed by atoms with van der Waals surface area (Å²) >= 11 is 3.39. The summed E-state index contributed by atoms with van der Waals surface area (Å²) in [6, 6.07) is 10.8. The smallest absolute Gasteiger partial charge is 0.329 e. The molecule has 0 bridgehead atoms. The molecule has 3 aromatic rings. The number of hydrazone groups is 1. The van der Waals surface area contributed by atoms with Gasteiger partial charge in [0.2, 0.25) is 0 Å². The lowest BCUT2D eigenvalue weighted by Crippen LogP contribution is -2.37. The minimum atomic E-state index is -0.871. The number of furan rings is 2. The quantitative estimate of drug-likeness (QED) is 0.397. The number of carbonyl (C=O) groups is 2. The molecule has 0 radical (unpaired) electrons. The molecule has 0 fully saturated rings. The van der Waals surface area contributed by atoms with Crippen molar-refractivity contribution < 1.29 is 18.4 Å². The molecule has 0 atom stereocenters. The summed E-state index contributed by atoms with van der Waals surface area (Å²) in [6.07, 6.45) is 1.49. The Morgan fingerprint density at radius 3 is 2.80 bits per heavy atom. The predicted octanol–water partition coefficient (Wildman–Crippen LogP) is 2.94. The molecule has 2 heterocycles. The number of benzene rings is 1. The molecule has 3 rings (SSSR count). The predicted molar refractivity (Wildman–Crippen MR) is 94.8 cm³/mol. The van der Waals surface area contributed by atoms with Gasteiger partial charge in [0.25, 0.3) is 0 Å². The summed E-state index contributed by atoms with van der Waals surface area (Å²) in [7, 11) is 0. The lowest BCUT2D eigenvalue weighted by Gasteiger charge is -2.02. The second-order valence-corrected chi connectivity index (χ2v) is 6.11. The molecule has 25 heavy (non-hydrogen) atoms. The first-order valence-electron chi connectivity index (χ1n) is 7.37. The third-order valence-electron chi connectivity index (χ3n) is 3.37. The minimum absolute atomic E-state index is 0.125. The highest BCUT2D eigenvalue weighted by Crippen LogP contribution is 2.23. The molecule has 2 amide bonds. The van der Waals surface area contributed by atoms with Crippen LogP contribution in [0.15, 0.2) is 61.1 Å². The summed E-state index contributed by atoms with van der Waals surface area (Å²) in [5, 5.41) is 7.24. The van der Waals surface area contributed by atoms with Crippen molar-refractivity contribution in [1.29, 1.82) is 0 Å². The maximum atomic E-state index is 11.8. The van der Waals surface area contributed by atoms with Gasteiger partial charge in [0.05, 0.1) is 12.8 Å².